The predicted molar refractivity (Wildman–Crippen MR) is 82.3 cm³/mol. The van der Waals surface area contributed by atoms with Crippen LogP contribution < -0.4 is 15.3 Å². The molecular formula is C13H22N4O3S. The summed E-state index contributed by atoms with van der Waals surface area (Å²) < 4.78 is 29.3. The van der Waals surface area contributed by atoms with Gasteiger partial charge in [-0.3, -0.25) is 0 Å². The van der Waals surface area contributed by atoms with Crippen molar-refractivity contribution in [3.05, 3.63) is 24.3 Å². The maximum atomic E-state index is 12.0. The van der Waals surface area contributed by atoms with E-state index in [4.69, 9.17) is 10.5 Å². The molecule has 0 unspecified atom stereocenters. The molecule has 21 heavy (non-hydrogen) atoms. The number of ether oxygens (including phenoxy) is 1. The topological polar surface area (TPSA) is 87.9 Å². The number of benzene rings is 1. The molecule has 1 aliphatic heterocycles. The van der Waals surface area contributed by atoms with Gasteiger partial charge in [-0.25, -0.2) is 13.4 Å². The Morgan fingerprint density at radius 1 is 1.29 bits per heavy atom. The molecule has 1 saturated heterocycles. The van der Waals surface area contributed by atoms with E-state index in [0.717, 1.165) is 13.1 Å². The van der Waals surface area contributed by atoms with E-state index in [0.29, 0.717) is 24.5 Å². The lowest BCUT2D eigenvalue weighted by molar-refractivity contribution is 0.134. The highest BCUT2D eigenvalue weighted by atomic mass is 32.2. The highest BCUT2D eigenvalue weighted by Crippen LogP contribution is 2.14. The van der Waals surface area contributed by atoms with Crippen molar-refractivity contribution in [3.8, 4) is 5.75 Å². The first-order valence-electron chi connectivity index (χ1n) is 6.86. The molecule has 2 rings (SSSR count). The van der Waals surface area contributed by atoms with E-state index in [-0.39, 0.29) is 12.4 Å². The second kappa shape index (κ2) is 7.08. The van der Waals surface area contributed by atoms with Crippen molar-refractivity contribution in [1.82, 2.24) is 14.7 Å². The van der Waals surface area contributed by atoms with E-state index in [9.17, 15) is 8.42 Å². The zero-order chi connectivity index (χ0) is 15.3. The number of nitrogen functional groups attached to an aromatic ring is 1. The van der Waals surface area contributed by atoms with Crippen LogP contribution in [0.25, 0.3) is 0 Å². The van der Waals surface area contributed by atoms with Crippen LogP contribution in [0.3, 0.4) is 0 Å². The molecule has 1 aliphatic rings. The normalized spacial score (nSPS) is 17.8. The van der Waals surface area contributed by atoms with Crippen LogP contribution in [0.5, 0.6) is 5.75 Å². The second-order valence-corrected chi connectivity index (χ2v) is 6.94. The van der Waals surface area contributed by atoms with Gasteiger partial charge in [0.1, 0.15) is 12.4 Å². The van der Waals surface area contributed by atoms with Crippen LogP contribution in [0.1, 0.15) is 0 Å². The minimum atomic E-state index is -3.38. The monoisotopic (exact) mass is 314 g/mol. The molecule has 8 heteroatoms. The molecule has 1 aromatic carbocycles. The first-order valence-corrected chi connectivity index (χ1v) is 8.52. The number of anilines is 1. The molecule has 0 saturated carbocycles. The maximum Gasteiger partial charge on any atom is 0.227 e. The number of rotatable bonds is 6. The zero-order valence-electron chi connectivity index (χ0n) is 12.2. The molecule has 3 N–H and O–H groups in total. The van der Waals surface area contributed by atoms with Gasteiger partial charge in [0.2, 0.25) is 10.0 Å². The lowest BCUT2D eigenvalue weighted by Crippen LogP contribution is -2.53. The van der Waals surface area contributed by atoms with Gasteiger partial charge in [0, 0.05) is 37.9 Å². The molecule has 1 heterocycles. The smallest absolute Gasteiger partial charge is 0.227 e. The van der Waals surface area contributed by atoms with Gasteiger partial charge in [-0.15, -0.1) is 4.83 Å². The van der Waals surface area contributed by atoms with Crippen molar-refractivity contribution < 1.29 is 13.2 Å². The second-order valence-electron chi connectivity index (χ2n) is 5.12. The first kappa shape index (κ1) is 16.0. The van der Waals surface area contributed by atoms with Gasteiger partial charge in [-0.05, 0) is 19.2 Å². The minimum Gasteiger partial charge on any atom is -0.492 e. The lowest BCUT2D eigenvalue weighted by Gasteiger charge is -2.32. The highest BCUT2D eigenvalue weighted by Gasteiger charge is 2.19. The summed E-state index contributed by atoms with van der Waals surface area (Å²) in [5, 5.41) is 1.73. The summed E-state index contributed by atoms with van der Waals surface area (Å²) in [5.41, 5.74) is 6.22. The number of hydrazine groups is 1. The Kier molecular flexibility index (Phi) is 5.40. The molecule has 0 spiro atoms. The van der Waals surface area contributed by atoms with Gasteiger partial charge >= 0.3 is 0 Å². The summed E-state index contributed by atoms with van der Waals surface area (Å²) in [7, 11) is -1.36. The van der Waals surface area contributed by atoms with Crippen molar-refractivity contribution >= 4 is 15.7 Å². The van der Waals surface area contributed by atoms with Crippen molar-refractivity contribution in [2.24, 2.45) is 0 Å². The molecule has 0 amide bonds. The Balaban J connectivity index is 1.76. The fraction of sp³-hybridized carbons (Fsp3) is 0.538. The minimum absolute atomic E-state index is 0.0891. The van der Waals surface area contributed by atoms with Crippen molar-refractivity contribution in [2.45, 2.75) is 0 Å². The largest absolute Gasteiger partial charge is 0.492 e. The van der Waals surface area contributed by atoms with Crippen LogP contribution in [-0.2, 0) is 10.0 Å². The summed E-state index contributed by atoms with van der Waals surface area (Å²) in [4.78, 5) is 4.75. The van der Waals surface area contributed by atoms with Crippen molar-refractivity contribution in [1.29, 1.82) is 0 Å². The van der Waals surface area contributed by atoms with Crippen LogP contribution in [0, 0.1) is 0 Å². The van der Waals surface area contributed by atoms with E-state index in [1.165, 1.54) is 0 Å². The van der Waals surface area contributed by atoms with E-state index < -0.39 is 10.0 Å². The molecule has 118 valence electrons. The third-order valence-electron chi connectivity index (χ3n) is 3.25. The Hall–Kier alpha value is -1.35. The molecule has 0 atom stereocenters. The van der Waals surface area contributed by atoms with Gasteiger partial charge in [-0.1, -0.05) is 6.07 Å². The van der Waals surface area contributed by atoms with Crippen LogP contribution in [0.15, 0.2) is 24.3 Å². The summed E-state index contributed by atoms with van der Waals surface area (Å²) in [6.07, 6.45) is 0. The number of piperazine rings is 1. The number of hydrogen-bond donors (Lipinski definition) is 2. The first-order chi connectivity index (χ1) is 9.94. The van der Waals surface area contributed by atoms with Crippen LogP contribution in [0.2, 0.25) is 0 Å². The number of nitrogens with zero attached hydrogens (tertiary/aromatic N) is 2. The average Bonchev–Trinajstić information content (AvgIpc) is 2.41. The Bertz CT molecular complexity index is 556. The number of nitrogens with one attached hydrogen (secondary N) is 1. The SMILES string of the molecule is CN1CCN(NS(=O)(=O)CCOc2cccc(N)c2)CC1. The van der Waals surface area contributed by atoms with Gasteiger partial charge in [0.25, 0.3) is 0 Å². The fourth-order valence-corrected chi connectivity index (χ4v) is 2.98. The molecule has 1 aromatic rings. The number of nitrogens with two attached hydrogens (primary N) is 1. The molecule has 1 fully saturated rings. The molecule has 7 nitrogen and oxygen atoms in total. The molecule has 0 bridgehead atoms. The Labute approximate surface area is 125 Å². The van der Waals surface area contributed by atoms with E-state index >= 15 is 0 Å². The van der Waals surface area contributed by atoms with Gasteiger partial charge in [0.15, 0.2) is 0 Å². The van der Waals surface area contributed by atoms with Crippen LogP contribution in [-0.4, -0.2) is 63.9 Å². The summed E-state index contributed by atoms with van der Waals surface area (Å²) in [5.74, 6) is 0.485. The van der Waals surface area contributed by atoms with Crippen molar-refractivity contribution in [2.75, 3.05) is 51.3 Å². The Morgan fingerprint density at radius 3 is 2.67 bits per heavy atom. The summed E-state index contributed by atoms with van der Waals surface area (Å²) in [6.45, 7) is 3.16. The molecular weight excluding hydrogens is 292 g/mol. The van der Waals surface area contributed by atoms with Gasteiger partial charge in [-0.2, -0.15) is 0 Å². The van der Waals surface area contributed by atoms with Crippen LogP contribution in [0.4, 0.5) is 5.69 Å². The van der Waals surface area contributed by atoms with E-state index in [1.54, 1.807) is 29.3 Å². The quantitative estimate of drug-likeness (QED) is 0.703. The fourth-order valence-electron chi connectivity index (χ4n) is 2.01. The molecule has 0 aliphatic carbocycles. The molecule has 0 aromatic heterocycles. The standard InChI is InChI=1S/C13H22N4O3S/c1-16-5-7-17(8-6-16)15-21(18,19)10-9-20-13-4-2-3-12(14)11-13/h2-4,11,15H,5-10,14H2,1H3. The van der Waals surface area contributed by atoms with Crippen molar-refractivity contribution in [3.63, 3.8) is 0 Å². The zero-order valence-corrected chi connectivity index (χ0v) is 13.0. The number of sulfonamides is 1. The van der Waals surface area contributed by atoms with E-state index in [1.807, 2.05) is 7.05 Å². The van der Waals surface area contributed by atoms with Crippen LogP contribution >= 0.6 is 0 Å². The van der Waals surface area contributed by atoms with Gasteiger partial charge < -0.3 is 15.4 Å². The lowest BCUT2D eigenvalue weighted by atomic mass is 10.3. The number of likely N-dealkylation sites (N-methyl/N-ethyl adjacent to an activating group) is 1. The summed E-state index contributed by atoms with van der Waals surface area (Å²) in [6, 6.07) is 6.93. The number of hydrogen-bond acceptors (Lipinski definition) is 6. The maximum absolute atomic E-state index is 12.0. The van der Waals surface area contributed by atoms with E-state index in [2.05, 4.69) is 9.73 Å². The third-order valence-corrected chi connectivity index (χ3v) is 4.49. The Morgan fingerprint density at radius 2 is 2.00 bits per heavy atom. The highest BCUT2D eigenvalue weighted by molar-refractivity contribution is 7.89. The molecule has 0 radical (unpaired) electrons. The average molecular weight is 314 g/mol. The van der Waals surface area contributed by atoms with Gasteiger partial charge in [0.05, 0.1) is 5.75 Å². The predicted octanol–water partition coefficient (Wildman–Crippen LogP) is -0.271. The third kappa shape index (κ3) is 5.50. The summed E-state index contributed by atoms with van der Waals surface area (Å²) >= 11 is 0.